The maximum Gasteiger partial charge on any atom is 0.231 e. The van der Waals surface area contributed by atoms with Crippen molar-refractivity contribution >= 4 is 0 Å². The van der Waals surface area contributed by atoms with Gasteiger partial charge in [0, 0.05) is 17.9 Å². The summed E-state index contributed by atoms with van der Waals surface area (Å²) in [6.45, 7) is 4.75. The lowest BCUT2D eigenvalue weighted by molar-refractivity contribution is -0.951. The Kier molecular flexibility index (Phi) is 3.54. The predicted octanol–water partition coefficient (Wildman–Crippen LogP) is 2.23. The number of hydrogen-bond acceptors (Lipinski definition) is 4. The minimum Gasteiger partial charge on any atom is -0.493 e. The van der Waals surface area contributed by atoms with Crippen molar-refractivity contribution in [3.8, 4) is 23.0 Å². The minimum absolute atomic E-state index is 0.332. The number of nitrogens with one attached hydrogen (secondary N) is 1. The van der Waals surface area contributed by atoms with Crippen LogP contribution >= 0.6 is 0 Å². The lowest BCUT2D eigenvalue weighted by Crippen LogP contribution is -3.13. The van der Waals surface area contributed by atoms with Crippen molar-refractivity contribution in [2.45, 2.75) is 31.8 Å². The third-order valence-corrected chi connectivity index (χ3v) is 6.21. The van der Waals surface area contributed by atoms with E-state index in [1.54, 1.807) is 19.1 Å². The van der Waals surface area contributed by atoms with Gasteiger partial charge in [-0.1, -0.05) is 13.0 Å². The Labute approximate surface area is 153 Å². The third-order valence-electron chi connectivity index (χ3n) is 6.21. The molecule has 5 heteroatoms. The topological polar surface area (TPSA) is 41.4 Å². The maximum atomic E-state index is 5.79. The zero-order chi connectivity index (χ0) is 17.8. The van der Waals surface area contributed by atoms with Gasteiger partial charge in [-0.2, -0.15) is 0 Å². The van der Waals surface area contributed by atoms with Crippen molar-refractivity contribution in [1.82, 2.24) is 0 Å². The molecular formula is C21H24NO4+. The first-order valence-corrected chi connectivity index (χ1v) is 9.22. The molecule has 3 heterocycles. The second-order valence-electron chi connectivity index (χ2n) is 7.37. The van der Waals surface area contributed by atoms with E-state index in [1.165, 1.54) is 22.3 Å². The van der Waals surface area contributed by atoms with Gasteiger partial charge < -0.3 is 23.8 Å². The van der Waals surface area contributed by atoms with Crippen LogP contribution in [0.5, 0.6) is 23.0 Å². The largest absolute Gasteiger partial charge is 0.493 e. The first-order chi connectivity index (χ1) is 12.7. The fourth-order valence-electron chi connectivity index (χ4n) is 5.00. The average Bonchev–Trinajstić information content (AvgIpc) is 3.15. The van der Waals surface area contributed by atoms with E-state index in [4.69, 9.17) is 18.9 Å². The first-order valence-electron chi connectivity index (χ1n) is 9.22. The fourth-order valence-corrected chi connectivity index (χ4v) is 5.00. The molecule has 0 saturated heterocycles. The van der Waals surface area contributed by atoms with Crippen LogP contribution in [0.4, 0.5) is 0 Å². The van der Waals surface area contributed by atoms with Gasteiger partial charge in [0.1, 0.15) is 12.6 Å². The van der Waals surface area contributed by atoms with Gasteiger partial charge in [-0.05, 0) is 29.3 Å². The molecule has 0 amide bonds. The van der Waals surface area contributed by atoms with Gasteiger partial charge in [-0.25, -0.2) is 0 Å². The summed E-state index contributed by atoms with van der Waals surface area (Å²) < 4.78 is 22.5. The summed E-state index contributed by atoms with van der Waals surface area (Å²) in [7, 11) is 3.41. The molecule has 5 rings (SSSR count). The molecule has 136 valence electrons. The van der Waals surface area contributed by atoms with Crippen LogP contribution in [0, 0.1) is 0 Å². The molecule has 0 bridgehead atoms. The summed E-state index contributed by atoms with van der Waals surface area (Å²) in [6.07, 6.45) is 1.05. The fraction of sp³-hybridized carbons (Fsp3) is 0.429. The summed E-state index contributed by atoms with van der Waals surface area (Å²) in [6, 6.07) is 9.05. The van der Waals surface area contributed by atoms with Crippen molar-refractivity contribution in [3.63, 3.8) is 0 Å². The molecule has 26 heavy (non-hydrogen) atoms. The Hall–Kier alpha value is -2.40. The maximum absolute atomic E-state index is 5.79. The lowest BCUT2D eigenvalue weighted by atomic mass is 9.77. The Morgan fingerprint density at radius 3 is 2.65 bits per heavy atom. The molecule has 0 aromatic heterocycles. The Morgan fingerprint density at radius 1 is 1.04 bits per heavy atom. The number of methoxy groups -OCH3 is 2. The molecule has 2 aromatic rings. The minimum atomic E-state index is 0.332. The van der Waals surface area contributed by atoms with E-state index in [2.05, 4.69) is 31.2 Å². The molecule has 0 aliphatic carbocycles. The molecule has 0 saturated carbocycles. The second kappa shape index (κ2) is 5.81. The number of rotatable bonds is 2. The average molecular weight is 354 g/mol. The summed E-state index contributed by atoms with van der Waals surface area (Å²) in [5.74, 6) is 3.88. The molecule has 3 aliphatic heterocycles. The van der Waals surface area contributed by atoms with Crippen molar-refractivity contribution in [3.05, 3.63) is 46.5 Å². The number of ether oxygens (including phenoxy) is 4. The zero-order valence-corrected chi connectivity index (χ0v) is 15.4. The summed E-state index contributed by atoms with van der Waals surface area (Å²) in [5.41, 5.74) is 5.47. The Morgan fingerprint density at radius 2 is 1.85 bits per heavy atom. The van der Waals surface area contributed by atoms with Gasteiger partial charge in [-0.15, -0.1) is 0 Å². The van der Waals surface area contributed by atoms with E-state index >= 15 is 0 Å². The van der Waals surface area contributed by atoms with E-state index in [0.717, 1.165) is 42.5 Å². The molecule has 2 aromatic carbocycles. The monoisotopic (exact) mass is 354 g/mol. The highest BCUT2D eigenvalue weighted by Gasteiger charge is 2.43. The normalized spacial score (nSPS) is 25.1. The van der Waals surface area contributed by atoms with Crippen molar-refractivity contribution in [1.29, 1.82) is 0 Å². The van der Waals surface area contributed by atoms with Crippen molar-refractivity contribution in [2.75, 3.05) is 27.6 Å². The highest BCUT2D eigenvalue weighted by molar-refractivity contribution is 5.55. The molecule has 3 aliphatic rings. The second-order valence-corrected chi connectivity index (χ2v) is 7.37. The summed E-state index contributed by atoms with van der Waals surface area (Å²) in [4.78, 5) is 1.59. The standard InChI is InChI=1S/C21H23NO4/c1-12-14-4-5-17-21(26-11-25-17)16(14)10-22-7-6-13-8-18(23-2)19(24-3)9-15(13)20(12)22/h4-5,8-9,12,20H,6-7,10-11H2,1-3H3/p+1/t12-,20-/m1/s1. The summed E-state index contributed by atoms with van der Waals surface area (Å²) in [5, 5.41) is 0. The molecule has 5 nitrogen and oxygen atoms in total. The predicted molar refractivity (Wildman–Crippen MR) is 96.5 cm³/mol. The van der Waals surface area contributed by atoms with Crippen LogP contribution in [0.1, 0.15) is 41.1 Å². The molecule has 0 spiro atoms. The quantitative estimate of drug-likeness (QED) is 0.898. The lowest BCUT2D eigenvalue weighted by Gasteiger charge is -2.42. The van der Waals surface area contributed by atoms with Crippen LogP contribution in [-0.2, 0) is 13.0 Å². The number of hydrogen-bond donors (Lipinski definition) is 1. The Bertz CT molecular complexity index is 879. The molecule has 0 radical (unpaired) electrons. The molecular weight excluding hydrogens is 330 g/mol. The van der Waals surface area contributed by atoms with Gasteiger partial charge in [0.15, 0.2) is 23.0 Å². The van der Waals surface area contributed by atoms with E-state index in [-0.39, 0.29) is 0 Å². The van der Waals surface area contributed by atoms with Crippen LogP contribution in [0.2, 0.25) is 0 Å². The first kappa shape index (κ1) is 15.8. The Balaban J connectivity index is 1.62. The van der Waals surface area contributed by atoms with Gasteiger partial charge in [0.25, 0.3) is 0 Å². The third kappa shape index (κ3) is 2.13. The highest BCUT2D eigenvalue weighted by Crippen LogP contribution is 2.46. The van der Waals surface area contributed by atoms with Gasteiger partial charge in [0.2, 0.25) is 6.79 Å². The van der Waals surface area contributed by atoms with Crippen LogP contribution in [0.3, 0.4) is 0 Å². The molecule has 0 fully saturated rings. The zero-order valence-electron chi connectivity index (χ0n) is 15.4. The van der Waals surface area contributed by atoms with Crippen LogP contribution in [-0.4, -0.2) is 27.6 Å². The van der Waals surface area contributed by atoms with Crippen LogP contribution in [0.25, 0.3) is 0 Å². The van der Waals surface area contributed by atoms with Crippen LogP contribution in [0.15, 0.2) is 24.3 Å². The van der Waals surface area contributed by atoms with Gasteiger partial charge in [0.05, 0.1) is 26.3 Å². The SMILES string of the molecule is COc1cc2c(cc1OC)[C@H]1[C@H](C)c3ccc4c(c3C[NH+]1CC2)OCO4. The van der Waals surface area contributed by atoms with Gasteiger partial charge in [-0.3, -0.25) is 0 Å². The van der Waals surface area contributed by atoms with Gasteiger partial charge >= 0.3 is 0 Å². The molecule has 3 atom stereocenters. The van der Waals surface area contributed by atoms with E-state index in [9.17, 15) is 0 Å². The van der Waals surface area contributed by atoms with E-state index in [1.807, 2.05) is 0 Å². The smallest absolute Gasteiger partial charge is 0.231 e. The summed E-state index contributed by atoms with van der Waals surface area (Å²) >= 11 is 0. The number of benzene rings is 2. The molecule has 1 N–H and O–H groups in total. The highest BCUT2D eigenvalue weighted by atomic mass is 16.7. The molecule has 1 unspecified atom stereocenters. The van der Waals surface area contributed by atoms with Crippen molar-refractivity contribution < 1.29 is 23.8 Å². The van der Waals surface area contributed by atoms with Crippen molar-refractivity contribution in [2.24, 2.45) is 0 Å². The van der Waals surface area contributed by atoms with E-state index < -0.39 is 0 Å². The van der Waals surface area contributed by atoms with E-state index in [0.29, 0.717) is 18.8 Å². The van der Waals surface area contributed by atoms with Crippen LogP contribution < -0.4 is 23.8 Å². The number of fused-ring (bicyclic) bond motifs is 6. The number of quaternary nitrogens is 1.